The molecule has 0 unspecified atom stereocenters. The largest absolute Gasteiger partial charge is 0.379 e. The van der Waals surface area contributed by atoms with Gasteiger partial charge in [0.25, 0.3) is 5.91 Å². The summed E-state index contributed by atoms with van der Waals surface area (Å²) in [5.41, 5.74) is 2.10. The molecule has 1 aromatic rings. The molecule has 0 radical (unpaired) electrons. The highest BCUT2D eigenvalue weighted by Crippen LogP contribution is 2.37. The quantitative estimate of drug-likeness (QED) is 0.811. The van der Waals surface area contributed by atoms with Crippen molar-refractivity contribution in [3.05, 3.63) is 16.9 Å². The molecular formula is C9H9BrF2N4O2. The predicted octanol–water partition coefficient (Wildman–Crippen LogP) is -0.0892. The summed E-state index contributed by atoms with van der Waals surface area (Å²) in [6.45, 7) is -0.908. The van der Waals surface area contributed by atoms with Crippen LogP contribution in [0.5, 0.6) is 0 Å². The van der Waals surface area contributed by atoms with Gasteiger partial charge in [-0.2, -0.15) is 8.78 Å². The van der Waals surface area contributed by atoms with E-state index in [0.29, 0.717) is 4.47 Å². The molecule has 2 heterocycles. The number of anilines is 1. The van der Waals surface area contributed by atoms with Crippen molar-refractivity contribution < 1.29 is 18.7 Å². The number of hydrogen-bond acceptors (Lipinski definition) is 5. The maximum atomic E-state index is 13.3. The lowest BCUT2D eigenvalue weighted by Gasteiger charge is -2.48. The highest BCUT2D eigenvalue weighted by atomic mass is 79.9. The Morgan fingerprint density at radius 3 is 2.44 bits per heavy atom. The second kappa shape index (κ2) is 4.09. The molecule has 18 heavy (non-hydrogen) atoms. The average molecular weight is 323 g/mol. The van der Waals surface area contributed by atoms with Gasteiger partial charge in [-0.15, -0.1) is 0 Å². The SMILES string of the molecule is NC(=O)C(F)(F)C1(O)CN(c2ncc(Br)cn2)C1. The van der Waals surface area contributed by atoms with E-state index >= 15 is 0 Å². The van der Waals surface area contributed by atoms with Crippen LogP contribution in [0.25, 0.3) is 0 Å². The van der Waals surface area contributed by atoms with Gasteiger partial charge in [0.15, 0.2) is 5.60 Å². The number of rotatable bonds is 3. The van der Waals surface area contributed by atoms with E-state index in [9.17, 15) is 18.7 Å². The molecule has 6 nitrogen and oxygen atoms in total. The summed E-state index contributed by atoms with van der Waals surface area (Å²) in [6, 6.07) is 0. The van der Waals surface area contributed by atoms with Crippen molar-refractivity contribution in [2.75, 3.05) is 18.0 Å². The Balaban J connectivity index is 2.10. The van der Waals surface area contributed by atoms with Gasteiger partial charge in [-0.05, 0) is 15.9 Å². The van der Waals surface area contributed by atoms with Crippen molar-refractivity contribution >= 4 is 27.8 Å². The molecule has 1 fully saturated rings. The van der Waals surface area contributed by atoms with E-state index in [2.05, 4.69) is 31.6 Å². The smallest absolute Gasteiger partial charge is 0.355 e. The van der Waals surface area contributed by atoms with E-state index in [0.717, 1.165) is 0 Å². The molecule has 0 saturated carbocycles. The summed E-state index contributed by atoms with van der Waals surface area (Å²) in [6.07, 6.45) is 2.90. The van der Waals surface area contributed by atoms with E-state index in [1.54, 1.807) is 0 Å². The number of alkyl halides is 2. The minimum atomic E-state index is -3.97. The van der Waals surface area contributed by atoms with Crippen LogP contribution in [0.3, 0.4) is 0 Å². The molecule has 9 heteroatoms. The molecule has 0 spiro atoms. The molecule has 0 aliphatic carbocycles. The molecule has 3 N–H and O–H groups in total. The van der Waals surface area contributed by atoms with Crippen molar-refractivity contribution in [2.45, 2.75) is 11.5 Å². The lowest BCUT2D eigenvalue weighted by molar-refractivity contribution is -0.196. The van der Waals surface area contributed by atoms with Gasteiger partial charge in [0.05, 0.1) is 17.6 Å². The van der Waals surface area contributed by atoms with Crippen LogP contribution in [0, 0.1) is 0 Å². The lowest BCUT2D eigenvalue weighted by atomic mass is 9.87. The zero-order valence-electron chi connectivity index (χ0n) is 8.98. The molecule has 2 rings (SSSR count). The van der Waals surface area contributed by atoms with Crippen LogP contribution in [-0.2, 0) is 4.79 Å². The molecule has 1 aliphatic heterocycles. The monoisotopic (exact) mass is 322 g/mol. The number of aromatic nitrogens is 2. The number of amides is 1. The van der Waals surface area contributed by atoms with E-state index in [1.807, 2.05) is 0 Å². The molecule has 0 atom stereocenters. The molecule has 1 aromatic heterocycles. The fraction of sp³-hybridized carbons (Fsp3) is 0.444. The van der Waals surface area contributed by atoms with Gasteiger partial charge < -0.3 is 15.7 Å². The zero-order valence-corrected chi connectivity index (χ0v) is 10.6. The lowest BCUT2D eigenvalue weighted by Crippen LogP contribution is -2.73. The topological polar surface area (TPSA) is 92.3 Å². The van der Waals surface area contributed by atoms with Crippen LogP contribution in [0.2, 0.25) is 0 Å². The number of primary amides is 1. The Bertz CT molecular complexity index is 476. The minimum absolute atomic E-state index is 0.197. The van der Waals surface area contributed by atoms with Gasteiger partial charge >= 0.3 is 5.92 Å². The van der Waals surface area contributed by atoms with Crippen LogP contribution >= 0.6 is 15.9 Å². The second-order valence-corrected chi connectivity index (χ2v) is 4.94. The van der Waals surface area contributed by atoms with E-state index in [1.165, 1.54) is 17.3 Å². The molecule has 1 aliphatic rings. The standard InChI is InChI=1S/C9H9BrF2N4O2/c10-5-1-14-7(15-2-5)16-3-8(18,4-16)9(11,12)6(13)17/h1-2,18H,3-4H2,(H2,13,17). The maximum Gasteiger partial charge on any atom is 0.355 e. The summed E-state index contributed by atoms with van der Waals surface area (Å²) in [7, 11) is 0. The third-order valence-corrected chi connectivity index (χ3v) is 3.10. The number of nitrogens with two attached hydrogens (primary N) is 1. The normalized spacial score (nSPS) is 18.3. The first-order chi connectivity index (χ1) is 8.26. The van der Waals surface area contributed by atoms with Crippen molar-refractivity contribution in [1.29, 1.82) is 0 Å². The first kappa shape index (κ1) is 13.1. The Morgan fingerprint density at radius 2 is 2.00 bits per heavy atom. The highest BCUT2D eigenvalue weighted by Gasteiger charge is 2.64. The number of hydrogen-bond donors (Lipinski definition) is 2. The van der Waals surface area contributed by atoms with Crippen molar-refractivity contribution in [1.82, 2.24) is 9.97 Å². The molecule has 0 bridgehead atoms. The third kappa shape index (κ3) is 1.93. The van der Waals surface area contributed by atoms with Crippen molar-refractivity contribution in [3.8, 4) is 0 Å². The molecule has 0 aromatic carbocycles. The number of carbonyl (C=O) groups is 1. The minimum Gasteiger partial charge on any atom is -0.379 e. The molecule has 1 saturated heterocycles. The summed E-state index contributed by atoms with van der Waals surface area (Å²) in [5.74, 6) is -5.62. The van der Waals surface area contributed by atoms with Gasteiger partial charge in [-0.25, -0.2) is 9.97 Å². The highest BCUT2D eigenvalue weighted by molar-refractivity contribution is 9.10. The number of β-amino-alcohol motifs (C(OH)–C–C–N with tert-alkyl or cyclic N) is 1. The van der Waals surface area contributed by atoms with Crippen LogP contribution in [0.4, 0.5) is 14.7 Å². The maximum absolute atomic E-state index is 13.3. The summed E-state index contributed by atoms with van der Waals surface area (Å²) in [5, 5.41) is 9.64. The van der Waals surface area contributed by atoms with E-state index < -0.39 is 30.5 Å². The second-order valence-electron chi connectivity index (χ2n) is 4.03. The van der Waals surface area contributed by atoms with Crippen LogP contribution in [0.1, 0.15) is 0 Å². The molecular weight excluding hydrogens is 314 g/mol. The fourth-order valence-electron chi connectivity index (χ4n) is 1.62. The molecule has 98 valence electrons. The van der Waals surface area contributed by atoms with Crippen LogP contribution in [-0.4, -0.2) is 45.6 Å². The Labute approximate surface area is 109 Å². The van der Waals surface area contributed by atoms with Crippen molar-refractivity contribution in [2.24, 2.45) is 5.73 Å². The first-order valence-corrected chi connectivity index (χ1v) is 5.68. The fourth-order valence-corrected chi connectivity index (χ4v) is 1.83. The zero-order chi connectivity index (χ0) is 13.6. The van der Waals surface area contributed by atoms with Gasteiger partial charge in [-0.3, -0.25) is 4.79 Å². The predicted molar refractivity (Wildman–Crippen MR) is 61.0 cm³/mol. The van der Waals surface area contributed by atoms with Crippen molar-refractivity contribution in [3.63, 3.8) is 0 Å². The van der Waals surface area contributed by atoms with Crippen LogP contribution in [0.15, 0.2) is 16.9 Å². The van der Waals surface area contributed by atoms with Gasteiger partial charge in [0.1, 0.15) is 0 Å². The average Bonchev–Trinajstić information content (AvgIpc) is 2.25. The summed E-state index contributed by atoms with van der Waals surface area (Å²) < 4.78 is 27.3. The number of nitrogens with zero attached hydrogens (tertiary/aromatic N) is 3. The van der Waals surface area contributed by atoms with E-state index in [4.69, 9.17) is 0 Å². The molecule has 1 amide bonds. The Morgan fingerprint density at radius 1 is 1.50 bits per heavy atom. The third-order valence-electron chi connectivity index (χ3n) is 2.69. The number of carbonyl (C=O) groups excluding carboxylic acids is 1. The van der Waals surface area contributed by atoms with Gasteiger partial charge in [0, 0.05) is 12.4 Å². The van der Waals surface area contributed by atoms with E-state index in [-0.39, 0.29) is 5.95 Å². The van der Waals surface area contributed by atoms with Gasteiger partial charge in [0.2, 0.25) is 5.95 Å². The summed E-state index contributed by atoms with van der Waals surface area (Å²) in [4.78, 5) is 19.7. The number of aliphatic hydroxyl groups is 1. The van der Waals surface area contributed by atoms with Crippen LogP contribution < -0.4 is 10.6 Å². The Kier molecular flexibility index (Phi) is 2.98. The Hall–Kier alpha value is -1.35. The summed E-state index contributed by atoms with van der Waals surface area (Å²) >= 11 is 3.13. The number of halogens is 3. The van der Waals surface area contributed by atoms with Gasteiger partial charge in [-0.1, -0.05) is 0 Å². The first-order valence-electron chi connectivity index (χ1n) is 4.89.